The van der Waals surface area contributed by atoms with Gasteiger partial charge in [-0.25, -0.2) is 0 Å². The average Bonchev–Trinajstić information content (AvgIpc) is 3.29. The minimum atomic E-state index is -0.154. The maximum Gasteiger partial charge on any atom is 0.237 e. The van der Waals surface area contributed by atoms with E-state index in [4.69, 9.17) is 9.47 Å². The smallest absolute Gasteiger partial charge is 0.237 e. The third-order valence-electron chi connectivity index (χ3n) is 3.84. The first-order valence-corrected chi connectivity index (χ1v) is 7.26. The van der Waals surface area contributed by atoms with Crippen molar-refractivity contribution in [2.75, 3.05) is 21.3 Å². The molecule has 5 heteroatoms. The molecule has 0 saturated heterocycles. The molecule has 0 aromatic heterocycles. The van der Waals surface area contributed by atoms with E-state index in [0.29, 0.717) is 24.1 Å². The Morgan fingerprint density at radius 3 is 2.57 bits per heavy atom. The molecule has 2 rings (SSSR count). The molecule has 1 aliphatic carbocycles. The maximum atomic E-state index is 12.1. The van der Waals surface area contributed by atoms with Crippen LogP contribution in [0.1, 0.15) is 25.3 Å². The van der Waals surface area contributed by atoms with Crippen LogP contribution in [-0.4, -0.2) is 44.2 Å². The summed E-state index contributed by atoms with van der Waals surface area (Å²) in [5.41, 5.74) is 1.08. The van der Waals surface area contributed by atoms with Crippen LogP contribution in [-0.2, 0) is 11.3 Å². The van der Waals surface area contributed by atoms with Crippen molar-refractivity contribution in [3.63, 3.8) is 0 Å². The fraction of sp³-hybridized carbons (Fsp3) is 0.562. The monoisotopic (exact) mass is 292 g/mol. The summed E-state index contributed by atoms with van der Waals surface area (Å²) in [6, 6.07) is 6.06. The van der Waals surface area contributed by atoms with E-state index >= 15 is 0 Å². The molecule has 5 nitrogen and oxygen atoms in total. The number of carbonyl (C=O) groups excluding carboxylic acids is 1. The van der Waals surface area contributed by atoms with Gasteiger partial charge in [-0.2, -0.15) is 0 Å². The lowest BCUT2D eigenvalue weighted by Gasteiger charge is -2.24. The molecule has 1 saturated carbocycles. The average molecular weight is 292 g/mol. The van der Waals surface area contributed by atoms with Crippen LogP contribution in [0.15, 0.2) is 18.2 Å². The lowest BCUT2D eigenvalue weighted by Crippen LogP contribution is -2.43. The van der Waals surface area contributed by atoms with E-state index in [9.17, 15) is 4.79 Å². The van der Waals surface area contributed by atoms with Gasteiger partial charge in [0.05, 0.1) is 20.3 Å². The molecule has 1 aliphatic rings. The van der Waals surface area contributed by atoms with E-state index in [1.807, 2.05) is 37.1 Å². The Morgan fingerprint density at radius 2 is 2.00 bits per heavy atom. The van der Waals surface area contributed by atoms with Crippen molar-refractivity contribution in [1.82, 2.24) is 10.2 Å². The van der Waals surface area contributed by atoms with Gasteiger partial charge in [0, 0.05) is 12.6 Å². The summed E-state index contributed by atoms with van der Waals surface area (Å²) >= 11 is 0. The second-order valence-electron chi connectivity index (χ2n) is 5.56. The molecule has 21 heavy (non-hydrogen) atoms. The Hall–Kier alpha value is -1.75. The summed E-state index contributed by atoms with van der Waals surface area (Å²) in [7, 11) is 5.19. The number of ether oxygens (including phenoxy) is 2. The fourth-order valence-electron chi connectivity index (χ4n) is 2.15. The number of hydrogen-bond donors (Lipinski definition) is 1. The van der Waals surface area contributed by atoms with Gasteiger partial charge in [0.25, 0.3) is 0 Å². The molecule has 1 aromatic rings. The van der Waals surface area contributed by atoms with Crippen molar-refractivity contribution in [2.45, 2.75) is 38.4 Å². The summed E-state index contributed by atoms with van der Waals surface area (Å²) in [5, 5.41) is 3.04. The van der Waals surface area contributed by atoms with Gasteiger partial charge in [0.15, 0.2) is 11.5 Å². The minimum absolute atomic E-state index is 0.0977. The molecule has 1 amide bonds. The Balaban J connectivity index is 1.97. The molecule has 0 bridgehead atoms. The Labute approximate surface area is 126 Å². The number of likely N-dealkylation sites (N-methyl/N-ethyl adjacent to an activating group) is 1. The number of hydrogen-bond acceptors (Lipinski definition) is 4. The normalized spacial score (nSPS) is 15.7. The molecule has 0 aliphatic heterocycles. The second-order valence-corrected chi connectivity index (χ2v) is 5.56. The summed E-state index contributed by atoms with van der Waals surface area (Å²) in [6.07, 6.45) is 2.22. The largest absolute Gasteiger partial charge is 0.493 e. The molecular formula is C16H24N2O3. The van der Waals surface area contributed by atoms with E-state index in [1.165, 1.54) is 0 Å². The predicted molar refractivity (Wildman–Crippen MR) is 81.6 cm³/mol. The number of methoxy groups -OCH3 is 2. The zero-order valence-corrected chi connectivity index (χ0v) is 13.2. The minimum Gasteiger partial charge on any atom is -0.493 e. The highest BCUT2D eigenvalue weighted by molar-refractivity contribution is 5.81. The summed E-state index contributed by atoms with van der Waals surface area (Å²) < 4.78 is 10.5. The van der Waals surface area contributed by atoms with E-state index in [2.05, 4.69) is 5.32 Å². The number of nitrogens with zero attached hydrogens (tertiary/aromatic N) is 1. The predicted octanol–water partition coefficient (Wildman–Crippen LogP) is 1.80. The lowest BCUT2D eigenvalue weighted by molar-refractivity contribution is -0.125. The third-order valence-corrected chi connectivity index (χ3v) is 3.84. The highest BCUT2D eigenvalue weighted by atomic mass is 16.5. The summed E-state index contributed by atoms with van der Waals surface area (Å²) in [5.74, 6) is 1.52. The van der Waals surface area contributed by atoms with Crippen LogP contribution in [0, 0.1) is 0 Å². The Bertz CT molecular complexity index is 500. The molecule has 0 radical (unpaired) electrons. The van der Waals surface area contributed by atoms with Crippen LogP contribution in [0.4, 0.5) is 0 Å². The molecule has 1 N–H and O–H groups in total. The molecule has 0 unspecified atom stereocenters. The van der Waals surface area contributed by atoms with E-state index in [1.54, 1.807) is 14.2 Å². The first-order valence-electron chi connectivity index (χ1n) is 7.26. The highest BCUT2D eigenvalue weighted by Crippen LogP contribution is 2.28. The Morgan fingerprint density at radius 1 is 1.33 bits per heavy atom. The molecule has 1 aromatic carbocycles. The van der Waals surface area contributed by atoms with Crippen molar-refractivity contribution in [3.05, 3.63) is 23.8 Å². The number of carbonyl (C=O) groups is 1. The SMILES string of the molecule is COc1ccc(CN(C)[C@H](C)C(=O)NC2CC2)cc1OC. The van der Waals surface area contributed by atoms with E-state index in [-0.39, 0.29) is 11.9 Å². The second kappa shape index (κ2) is 6.80. The topological polar surface area (TPSA) is 50.8 Å². The van der Waals surface area contributed by atoms with Gasteiger partial charge in [-0.1, -0.05) is 6.07 Å². The number of amides is 1. The van der Waals surface area contributed by atoms with Gasteiger partial charge in [-0.3, -0.25) is 9.69 Å². The maximum absolute atomic E-state index is 12.1. The summed E-state index contributed by atoms with van der Waals surface area (Å²) in [4.78, 5) is 14.1. The van der Waals surface area contributed by atoms with Crippen LogP contribution in [0.3, 0.4) is 0 Å². The zero-order valence-electron chi connectivity index (χ0n) is 13.2. The van der Waals surface area contributed by atoms with Crippen molar-refractivity contribution in [3.8, 4) is 11.5 Å². The first-order chi connectivity index (χ1) is 10.0. The van der Waals surface area contributed by atoms with Gasteiger partial charge in [0.2, 0.25) is 5.91 Å². The molecule has 0 heterocycles. The van der Waals surface area contributed by atoms with E-state index in [0.717, 1.165) is 18.4 Å². The molecule has 116 valence electrons. The van der Waals surface area contributed by atoms with Crippen molar-refractivity contribution >= 4 is 5.91 Å². The quantitative estimate of drug-likeness (QED) is 0.832. The van der Waals surface area contributed by atoms with E-state index < -0.39 is 0 Å². The zero-order chi connectivity index (χ0) is 15.4. The van der Waals surface area contributed by atoms with Crippen LogP contribution >= 0.6 is 0 Å². The fourth-order valence-corrected chi connectivity index (χ4v) is 2.15. The number of rotatable bonds is 7. The van der Waals surface area contributed by atoms with Gasteiger partial charge in [0.1, 0.15) is 0 Å². The van der Waals surface area contributed by atoms with Gasteiger partial charge < -0.3 is 14.8 Å². The lowest BCUT2D eigenvalue weighted by atomic mass is 10.1. The summed E-state index contributed by atoms with van der Waals surface area (Å²) in [6.45, 7) is 2.61. The standard InChI is InChI=1S/C16H24N2O3/c1-11(16(19)17-13-6-7-13)18(2)10-12-5-8-14(20-3)15(9-12)21-4/h5,8-9,11,13H,6-7,10H2,1-4H3,(H,17,19)/t11-/m1/s1. The van der Waals surface area contributed by atoms with Crippen LogP contribution in [0.5, 0.6) is 11.5 Å². The molecular weight excluding hydrogens is 268 g/mol. The van der Waals surface area contributed by atoms with Crippen molar-refractivity contribution < 1.29 is 14.3 Å². The number of benzene rings is 1. The molecule has 1 atom stereocenters. The highest BCUT2D eigenvalue weighted by Gasteiger charge is 2.27. The first kappa shape index (κ1) is 15.6. The van der Waals surface area contributed by atoms with Crippen LogP contribution in [0.2, 0.25) is 0 Å². The van der Waals surface area contributed by atoms with Crippen LogP contribution < -0.4 is 14.8 Å². The molecule has 0 spiro atoms. The van der Waals surface area contributed by atoms with Crippen LogP contribution in [0.25, 0.3) is 0 Å². The Kier molecular flexibility index (Phi) is 5.07. The van der Waals surface area contributed by atoms with Crippen molar-refractivity contribution in [2.24, 2.45) is 0 Å². The van der Waals surface area contributed by atoms with Crippen molar-refractivity contribution in [1.29, 1.82) is 0 Å². The van der Waals surface area contributed by atoms with Gasteiger partial charge >= 0.3 is 0 Å². The molecule has 1 fully saturated rings. The number of nitrogens with one attached hydrogen (secondary N) is 1. The van der Waals surface area contributed by atoms with Gasteiger partial charge in [-0.15, -0.1) is 0 Å². The third kappa shape index (κ3) is 4.11. The van der Waals surface area contributed by atoms with Gasteiger partial charge in [-0.05, 0) is 44.5 Å².